The fourth-order valence-electron chi connectivity index (χ4n) is 4.25. The molecule has 9 heteroatoms. The van der Waals surface area contributed by atoms with Crippen molar-refractivity contribution in [3.05, 3.63) is 40.6 Å². The predicted octanol–water partition coefficient (Wildman–Crippen LogP) is 3.70. The van der Waals surface area contributed by atoms with Gasteiger partial charge in [-0.25, -0.2) is 4.98 Å². The number of esters is 1. The molecule has 0 unspecified atom stereocenters. The van der Waals surface area contributed by atoms with Crippen LogP contribution in [0.15, 0.2) is 18.2 Å². The first-order valence-corrected chi connectivity index (χ1v) is 12.9. The number of hydrogen-bond donors (Lipinski definition) is 3. The minimum absolute atomic E-state index is 0.103. The van der Waals surface area contributed by atoms with Crippen molar-refractivity contribution in [2.45, 2.75) is 72.4 Å². The summed E-state index contributed by atoms with van der Waals surface area (Å²) in [5, 5.41) is 13.0. The summed E-state index contributed by atoms with van der Waals surface area (Å²) in [5.74, 6) is 1.54. The largest absolute Gasteiger partial charge is 0.496 e. The van der Waals surface area contributed by atoms with Crippen LogP contribution in [0.2, 0.25) is 0 Å². The average molecular weight is 502 g/mol. The van der Waals surface area contributed by atoms with Gasteiger partial charge in [0.05, 0.1) is 20.1 Å². The number of ether oxygens (including phenoxy) is 2. The number of aliphatic hydroxyl groups is 1. The Balaban J connectivity index is 2.24. The van der Waals surface area contributed by atoms with Gasteiger partial charge in [0.2, 0.25) is 5.95 Å². The van der Waals surface area contributed by atoms with E-state index in [1.165, 1.54) is 0 Å². The van der Waals surface area contributed by atoms with Gasteiger partial charge in [-0.05, 0) is 50.4 Å². The third-order valence-corrected chi connectivity index (χ3v) is 6.20. The molecule has 200 valence electrons. The molecule has 0 saturated carbocycles. The van der Waals surface area contributed by atoms with Crippen molar-refractivity contribution in [3.63, 3.8) is 0 Å². The molecule has 0 bridgehead atoms. The third kappa shape index (κ3) is 8.95. The molecule has 36 heavy (non-hydrogen) atoms. The molecule has 1 heterocycles. The molecule has 1 aromatic heterocycles. The average Bonchev–Trinajstić information content (AvgIpc) is 2.84. The van der Waals surface area contributed by atoms with Gasteiger partial charge in [0, 0.05) is 43.4 Å². The number of nitrogens with zero attached hydrogens (tertiary/aromatic N) is 3. The van der Waals surface area contributed by atoms with Crippen LogP contribution in [0.4, 0.5) is 11.8 Å². The highest BCUT2D eigenvalue weighted by Gasteiger charge is 2.18. The van der Waals surface area contributed by atoms with Crippen LogP contribution in [0.1, 0.15) is 68.8 Å². The second-order valence-corrected chi connectivity index (χ2v) is 8.88. The van der Waals surface area contributed by atoms with Crippen LogP contribution >= 0.6 is 0 Å². The molecule has 0 amide bonds. The minimum Gasteiger partial charge on any atom is -0.496 e. The second kappa shape index (κ2) is 15.3. The summed E-state index contributed by atoms with van der Waals surface area (Å²) in [6.07, 6.45) is 3.51. The van der Waals surface area contributed by atoms with E-state index >= 15 is 0 Å². The van der Waals surface area contributed by atoms with E-state index in [1.54, 1.807) is 7.11 Å². The van der Waals surface area contributed by atoms with E-state index in [9.17, 15) is 9.90 Å². The number of aliphatic hydroxyl groups excluding tert-OH is 1. The van der Waals surface area contributed by atoms with Crippen molar-refractivity contribution in [1.82, 2.24) is 14.9 Å². The van der Waals surface area contributed by atoms with E-state index in [-0.39, 0.29) is 24.6 Å². The first kappa shape index (κ1) is 29.3. The van der Waals surface area contributed by atoms with Gasteiger partial charge in [-0.1, -0.05) is 32.4 Å². The number of carbonyl (C=O) groups excluding carboxylic acids is 1. The van der Waals surface area contributed by atoms with Gasteiger partial charge in [-0.15, -0.1) is 0 Å². The van der Waals surface area contributed by atoms with Gasteiger partial charge < -0.3 is 25.6 Å². The zero-order valence-corrected chi connectivity index (χ0v) is 22.5. The first-order chi connectivity index (χ1) is 17.3. The first-order valence-electron chi connectivity index (χ1n) is 12.9. The molecular formula is C27H43N5O4. The fraction of sp³-hybridized carbons (Fsp3) is 0.593. The van der Waals surface area contributed by atoms with Crippen molar-refractivity contribution in [3.8, 4) is 5.75 Å². The highest BCUT2D eigenvalue weighted by Crippen LogP contribution is 2.29. The van der Waals surface area contributed by atoms with E-state index in [0.717, 1.165) is 47.5 Å². The van der Waals surface area contributed by atoms with Gasteiger partial charge in [-0.3, -0.25) is 9.69 Å². The van der Waals surface area contributed by atoms with Gasteiger partial charge in [0.15, 0.2) is 0 Å². The SMILES string of the molecule is CCC[C@@H](CCO)Nc1nc(N)nc(C)c1Cc1ccc(CN(CC)CCC(=O)OCC)cc1OC. The van der Waals surface area contributed by atoms with Crippen molar-refractivity contribution in [1.29, 1.82) is 0 Å². The summed E-state index contributed by atoms with van der Waals surface area (Å²) in [6.45, 7) is 10.6. The Kier molecular flexibility index (Phi) is 12.4. The lowest BCUT2D eigenvalue weighted by atomic mass is 10.0. The molecule has 2 aromatic rings. The molecule has 1 atom stereocenters. The molecule has 0 aliphatic heterocycles. The number of aromatic nitrogens is 2. The highest BCUT2D eigenvalue weighted by molar-refractivity contribution is 5.69. The topological polar surface area (TPSA) is 123 Å². The van der Waals surface area contributed by atoms with Crippen LogP contribution in [0.25, 0.3) is 0 Å². The number of carbonyl (C=O) groups is 1. The molecule has 2 rings (SSSR count). The number of methoxy groups -OCH3 is 1. The van der Waals surface area contributed by atoms with Crippen LogP contribution in [-0.2, 0) is 22.5 Å². The van der Waals surface area contributed by atoms with Gasteiger partial charge in [0.25, 0.3) is 0 Å². The summed E-state index contributed by atoms with van der Waals surface area (Å²) >= 11 is 0. The number of hydrogen-bond acceptors (Lipinski definition) is 9. The molecule has 1 aromatic carbocycles. The van der Waals surface area contributed by atoms with E-state index in [1.807, 2.05) is 13.8 Å². The summed E-state index contributed by atoms with van der Waals surface area (Å²) in [7, 11) is 1.67. The van der Waals surface area contributed by atoms with Crippen molar-refractivity contribution in [2.24, 2.45) is 0 Å². The van der Waals surface area contributed by atoms with Crippen molar-refractivity contribution >= 4 is 17.7 Å². The van der Waals surface area contributed by atoms with Crippen LogP contribution in [0.5, 0.6) is 5.75 Å². The van der Waals surface area contributed by atoms with Crippen LogP contribution in [-0.4, -0.2) is 65.4 Å². The lowest BCUT2D eigenvalue weighted by Crippen LogP contribution is -2.26. The van der Waals surface area contributed by atoms with Gasteiger partial charge in [0.1, 0.15) is 11.6 Å². The van der Waals surface area contributed by atoms with Crippen LogP contribution < -0.4 is 15.8 Å². The molecule has 0 aliphatic rings. The quantitative estimate of drug-likeness (QED) is 0.295. The Morgan fingerprint density at radius 3 is 2.64 bits per heavy atom. The number of rotatable bonds is 16. The summed E-state index contributed by atoms with van der Waals surface area (Å²) in [6, 6.07) is 6.32. The Bertz CT molecular complexity index is 963. The molecular weight excluding hydrogens is 458 g/mol. The van der Waals surface area contributed by atoms with E-state index < -0.39 is 0 Å². The standard InChI is InChI=1S/C27H43N5O4/c1-6-9-22(13-15-33)30-26-23(19(4)29-27(28)31-26)17-21-11-10-20(16-24(21)35-5)18-32(7-2)14-12-25(34)36-8-3/h10-11,16,22,33H,6-9,12-15,17-18H2,1-5H3,(H3,28,29,30,31)/t22-/m0/s1. The third-order valence-electron chi connectivity index (χ3n) is 6.20. The number of nitrogens with one attached hydrogen (secondary N) is 1. The summed E-state index contributed by atoms with van der Waals surface area (Å²) < 4.78 is 10.8. The maximum Gasteiger partial charge on any atom is 0.307 e. The molecule has 0 saturated heterocycles. The minimum atomic E-state index is -0.172. The molecule has 0 aliphatic carbocycles. The van der Waals surface area contributed by atoms with Crippen LogP contribution in [0, 0.1) is 6.92 Å². The van der Waals surface area contributed by atoms with Crippen LogP contribution in [0.3, 0.4) is 0 Å². The molecule has 0 fully saturated rings. The Morgan fingerprint density at radius 1 is 1.22 bits per heavy atom. The second-order valence-electron chi connectivity index (χ2n) is 8.88. The lowest BCUT2D eigenvalue weighted by molar-refractivity contribution is -0.143. The Hall–Kier alpha value is -2.91. The van der Waals surface area contributed by atoms with E-state index in [4.69, 9.17) is 15.2 Å². The number of nitrogens with two attached hydrogens (primary N) is 1. The monoisotopic (exact) mass is 501 g/mol. The lowest BCUT2D eigenvalue weighted by Gasteiger charge is -2.22. The molecule has 9 nitrogen and oxygen atoms in total. The van der Waals surface area contributed by atoms with E-state index in [2.05, 4.69) is 52.2 Å². The number of benzene rings is 1. The highest BCUT2D eigenvalue weighted by atomic mass is 16.5. The zero-order chi connectivity index (χ0) is 26.5. The molecule has 0 spiro atoms. The van der Waals surface area contributed by atoms with Crippen molar-refractivity contribution in [2.75, 3.05) is 44.5 Å². The molecule has 0 radical (unpaired) electrons. The van der Waals surface area contributed by atoms with Gasteiger partial charge in [-0.2, -0.15) is 4.98 Å². The smallest absolute Gasteiger partial charge is 0.307 e. The Morgan fingerprint density at radius 2 is 2.00 bits per heavy atom. The maximum absolute atomic E-state index is 11.7. The van der Waals surface area contributed by atoms with E-state index in [0.29, 0.717) is 44.8 Å². The maximum atomic E-state index is 11.7. The fourth-order valence-corrected chi connectivity index (χ4v) is 4.25. The molecule has 4 N–H and O–H groups in total. The van der Waals surface area contributed by atoms with Crippen molar-refractivity contribution < 1.29 is 19.4 Å². The van der Waals surface area contributed by atoms with Gasteiger partial charge >= 0.3 is 5.97 Å². The number of anilines is 2. The summed E-state index contributed by atoms with van der Waals surface area (Å²) in [4.78, 5) is 22.8. The predicted molar refractivity (Wildman–Crippen MR) is 143 cm³/mol. The Labute approximate surface area is 215 Å². The number of nitrogen functional groups attached to an aromatic ring is 1. The normalized spacial score (nSPS) is 12.0. The summed E-state index contributed by atoms with van der Waals surface area (Å²) in [5.41, 5.74) is 9.87. The number of aryl methyl sites for hydroxylation is 1. The zero-order valence-electron chi connectivity index (χ0n) is 22.5.